The molecule has 0 aliphatic heterocycles. The molecular formula is C16H36N2. The summed E-state index contributed by atoms with van der Waals surface area (Å²) in [6.07, 6.45) is 7.79. The Balaban J connectivity index is 4.04. The first-order valence-corrected chi connectivity index (χ1v) is 8.13. The first-order chi connectivity index (χ1) is 8.65. The first-order valence-electron chi connectivity index (χ1n) is 8.13. The molecule has 0 spiro atoms. The minimum absolute atomic E-state index is 0.644. The smallest absolute Gasteiger partial charge is 0.00816 e. The van der Waals surface area contributed by atoms with Gasteiger partial charge in [0.05, 0.1) is 0 Å². The van der Waals surface area contributed by atoms with Crippen LogP contribution < -0.4 is 5.32 Å². The van der Waals surface area contributed by atoms with Crippen molar-refractivity contribution < 1.29 is 0 Å². The molecule has 0 aliphatic rings. The maximum Gasteiger partial charge on any atom is 0.00816 e. The summed E-state index contributed by atoms with van der Waals surface area (Å²) in [5.74, 6) is 0. The molecule has 0 radical (unpaired) electrons. The molecule has 0 amide bonds. The highest BCUT2D eigenvalue weighted by Gasteiger charge is 2.15. The fourth-order valence-electron chi connectivity index (χ4n) is 2.41. The topological polar surface area (TPSA) is 15.3 Å². The molecule has 0 fully saturated rings. The summed E-state index contributed by atoms with van der Waals surface area (Å²) in [4.78, 5) is 2.69. The molecule has 0 aromatic carbocycles. The van der Waals surface area contributed by atoms with Crippen LogP contribution in [0, 0.1) is 0 Å². The molecule has 18 heavy (non-hydrogen) atoms. The zero-order valence-electron chi connectivity index (χ0n) is 13.5. The van der Waals surface area contributed by atoms with Crippen LogP contribution in [0.5, 0.6) is 0 Å². The predicted molar refractivity (Wildman–Crippen MR) is 83.2 cm³/mol. The molecule has 1 N–H and O–H groups in total. The lowest BCUT2D eigenvalue weighted by molar-refractivity contribution is 0.183. The number of unbranched alkanes of at least 4 members (excludes halogenated alkanes) is 2. The molecule has 0 bridgehead atoms. The highest BCUT2D eigenvalue weighted by atomic mass is 15.1. The molecule has 0 rings (SSSR count). The van der Waals surface area contributed by atoms with Crippen LogP contribution in [0.15, 0.2) is 0 Å². The Bertz CT molecular complexity index is 162. The van der Waals surface area contributed by atoms with Gasteiger partial charge in [-0.25, -0.2) is 0 Å². The van der Waals surface area contributed by atoms with E-state index in [9.17, 15) is 0 Å². The Labute approximate surface area is 116 Å². The summed E-state index contributed by atoms with van der Waals surface area (Å²) >= 11 is 0. The molecule has 0 aliphatic carbocycles. The second kappa shape index (κ2) is 12.0. The minimum Gasteiger partial charge on any atom is -0.314 e. The van der Waals surface area contributed by atoms with E-state index in [0.29, 0.717) is 12.1 Å². The van der Waals surface area contributed by atoms with Gasteiger partial charge in [-0.15, -0.1) is 0 Å². The summed E-state index contributed by atoms with van der Waals surface area (Å²) in [5.41, 5.74) is 0. The Morgan fingerprint density at radius 2 is 1.44 bits per heavy atom. The zero-order valence-corrected chi connectivity index (χ0v) is 13.5. The number of hydrogen-bond acceptors (Lipinski definition) is 2. The van der Waals surface area contributed by atoms with Crippen molar-refractivity contribution in [2.45, 2.75) is 85.2 Å². The maximum absolute atomic E-state index is 3.60. The van der Waals surface area contributed by atoms with Gasteiger partial charge in [0, 0.05) is 12.1 Å². The summed E-state index contributed by atoms with van der Waals surface area (Å²) in [6.45, 7) is 15.2. The third-order valence-electron chi connectivity index (χ3n) is 3.66. The van der Waals surface area contributed by atoms with Gasteiger partial charge < -0.3 is 10.2 Å². The molecule has 2 heteroatoms. The Kier molecular flexibility index (Phi) is 11.9. The van der Waals surface area contributed by atoms with Gasteiger partial charge in [0.2, 0.25) is 0 Å². The monoisotopic (exact) mass is 256 g/mol. The van der Waals surface area contributed by atoms with Crippen LogP contribution in [0.1, 0.15) is 73.1 Å². The molecule has 0 heterocycles. The molecule has 2 atom stereocenters. The summed E-state index contributed by atoms with van der Waals surface area (Å²) in [6, 6.07) is 1.35. The fourth-order valence-corrected chi connectivity index (χ4v) is 2.41. The van der Waals surface area contributed by atoms with Gasteiger partial charge in [0.15, 0.2) is 0 Å². The van der Waals surface area contributed by atoms with E-state index in [2.05, 4.69) is 44.8 Å². The number of rotatable bonds is 12. The number of nitrogens with zero attached hydrogens (tertiary/aromatic N) is 1. The maximum atomic E-state index is 3.60. The molecule has 2 unspecified atom stereocenters. The Morgan fingerprint density at radius 3 is 1.89 bits per heavy atom. The van der Waals surface area contributed by atoms with Crippen LogP contribution in [-0.4, -0.2) is 36.6 Å². The minimum atomic E-state index is 0.644. The first kappa shape index (κ1) is 17.9. The van der Waals surface area contributed by atoms with Gasteiger partial charge in [0.25, 0.3) is 0 Å². The molecule has 0 saturated carbocycles. The molecule has 2 nitrogen and oxygen atoms in total. The van der Waals surface area contributed by atoms with Crippen molar-refractivity contribution in [1.29, 1.82) is 0 Å². The highest BCUT2D eigenvalue weighted by molar-refractivity contribution is 4.73. The van der Waals surface area contributed by atoms with Crippen LogP contribution in [0.3, 0.4) is 0 Å². The molecule has 110 valence electrons. The van der Waals surface area contributed by atoms with Crippen molar-refractivity contribution in [3.63, 3.8) is 0 Å². The predicted octanol–water partition coefficient (Wildman–Crippen LogP) is 4.06. The van der Waals surface area contributed by atoms with Crippen LogP contribution in [0.2, 0.25) is 0 Å². The van der Waals surface area contributed by atoms with Gasteiger partial charge in [-0.1, -0.05) is 33.6 Å². The average molecular weight is 256 g/mol. The SMILES string of the molecule is CCCCN(CCCC)C(C)CC(C)NCCC. The Hall–Kier alpha value is -0.0800. The third kappa shape index (κ3) is 8.93. The van der Waals surface area contributed by atoms with Crippen molar-refractivity contribution in [1.82, 2.24) is 10.2 Å². The fraction of sp³-hybridized carbons (Fsp3) is 1.00. The lowest BCUT2D eigenvalue weighted by atomic mass is 10.1. The van der Waals surface area contributed by atoms with Gasteiger partial charge in [-0.05, 0) is 59.2 Å². The van der Waals surface area contributed by atoms with Gasteiger partial charge in [0.1, 0.15) is 0 Å². The second-order valence-corrected chi connectivity index (χ2v) is 5.68. The quantitative estimate of drug-likeness (QED) is 0.566. The van der Waals surface area contributed by atoms with Gasteiger partial charge in [-0.3, -0.25) is 0 Å². The summed E-state index contributed by atoms with van der Waals surface area (Å²) < 4.78 is 0. The zero-order chi connectivity index (χ0) is 13.8. The van der Waals surface area contributed by atoms with E-state index in [1.807, 2.05) is 0 Å². The van der Waals surface area contributed by atoms with Crippen LogP contribution in [0.25, 0.3) is 0 Å². The van der Waals surface area contributed by atoms with E-state index in [4.69, 9.17) is 0 Å². The molecule has 0 saturated heterocycles. The average Bonchev–Trinajstić information content (AvgIpc) is 2.36. The highest BCUT2D eigenvalue weighted by Crippen LogP contribution is 2.10. The van der Waals surface area contributed by atoms with Crippen LogP contribution in [-0.2, 0) is 0 Å². The van der Waals surface area contributed by atoms with E-state index >= 15 is 0 Å². The summed E-state index contributed by atoms with van der Waals surface area (Å²) in [7, 11) is 0. The van der Waals surface area contributed by atoms with E-state index in [1.54, 1.807) is 0 Å². The summed E-state index contributed by atoms with van der Waals surface area (Å²) in [5, 5.41) is 3.60. The van der Waals surface area contributed by atoms with Gasteiger partial charge >= 0.3 is 0 Å². The normalized spacial score (nSPS) is 15.0. The van der Waals surface area contributed by atoms with Gasteiger partial charge in [-0.2, -0.15) is 0 Å². The van der Waals surface area contributed by atoms with E-state index in [-0.39, 0.29) is 0 Å². The van der Waals surface area contributed by atoms with E-state index < -0.39 is 0 Å². The van der Waals surface area contributed by atoms with Crippen molar-refractivity contribution >= 4 is 0 Å². The Morgan fingerprint density at radius 1 is 0.889 bits per heavy atom. The lowest BCUT2D eigenvalue weighted by Crippen LogP contribution is -2.40. The van der Waals surface area contributed by atoms with E-state index in [1.165, 1.54) is 51.6 Å². The molecule has 0 aromatic heterocycles. The standard InChI is InChI=1S/C16H36N2/c1-6-9-12-18(13-10-7-2)16(5)14-15(4)17-11-8-3/h15-17H,6-14H2,1-5H3. The van der Waals surface area contributed by atoms with Crippen molar-refractivity contribution in [2.75, 3.05) is 19.6 Å². The van der Waals surface area contributed by atoms with Crippen LogP contribution >= 0.6 is 0 Å². The third-order valence-corrected chi connectivity index (χ3v) is 3.66. The molecule has 0 aromatic rings. The lowest BCUT2D eigenvalue weighted by Gasteiger charge is -2.31. The second-order valence-electron chi connectivity index (χ2n) is 5.68. The van der Waals surface area contributed by atoms with Crippen molar-refractivity contribution in [3.05, 3.63) is 0 Å². The van der Waals surface area contributed by atoms with Crippen LogP contribution in [0.4, 0.5) is 0 Å². The largest absolute Gasteiger partial charge is 0.314 e. The van der Waals surface area contributed by atoms with Crippen molar-refractivity contribution in [2.24, 2.45) is 0 Å². The number of hydrogen-bond donors (Lipinski definition) is 1. The van der Waals surface area contributed by atoms with Crippen molar-refractivity contribution in [3.8, 4) is 0 Å². The number of nitrogens with one attached hydrogen (secondary N) is 1. The molecular weight excluding hydrogens is 220 g/mol. The van der Waals surface area contributed by atoms with E-state index in [0.717, 1.165) is 6.54 Å².